The summed E-state index contributed by atoms with van der Waals surface area (Å²) < 4.78 is 50.2. The van der Waals surface area contributed by atoms with Gasteiger partial charge in [0.15, 0.2) is 17.3 Å². The highest BCUT2D eigenvalue weighted by molar-refractivity contribution is 6.07. The molecule has 1 unspecified atom stereocenters. The Bertz CT molecular complexity index is 1130. The first kappa shape index (κ1) is 22.7. The van der Waals surface area contributed by atoms with Crippen LogP contribution in [0.1, 0.15) is 42.7 Å². The number of phenolic OH excluding ortho intramolecular Hbond substituents is 1. The molecule has 2 aromatic rings. The Morgan fingerprint density at radius 3 is 2.30 bits per heavy atom. The lowest BCUT2D eigenvalue weighted by Crippen LogP contribution is -2.40. The molecule has 0 aromatic heterocycles. The molecule has 174 valence electrons. The third-order valence-corrected chi connectivity index (χ3v) is 6.01. The number of aromatic hydroxyl groups is 1. The minimum atomic E-state index is -4.56. The van der Waals surface area contributed by atoms with Crippen LogP contribution in [-0.4, -0.2) is 31.0 Å². The third kappa shape index (κ3) is 4.03. The number of anilines is 1. The molecule has 1 N–H and O–H groups in total. The molecule has 4 rings (SSSR count). The molecule has 0 saturated carbocycles. The molecule has 9 heteroatoms. The van der Waals surface area contributed by atoms with Gasteiger partial charge in [0.25, 0.3) is 0 Å². The molecule has 33 heavy (non-hydrogen) atoms. The van der Waals surface area contributed by atoms with Crippen LogP contribution < -0.4 is 14.4 Å². The molecule has 2 aliphatic rings. The SMILES string of the molecule is COc1cc(C2CC(=O)N(c3cccc(C(F)(F)F)c3)C3=C2C(=O)CCC3)cc(OC)c1O. The number of ether oxygens (including phenoxy) is 2. The van der Waals surface area contributed by atoms with Gasteiger partial charge in [-0.15, -0.1) is 0 Å². The second-order valence-electron chi connectivity index (χ2n) is 7.95. The third-order valence-electron chi connectivity index (χ3n) is 6.01. The Hall–Kier alpha value is -3.49. The molecule has 0 fully saturated rings. The second kappa shape index (κ2) is 8.46. The van der Waals surface area contributed by atoms with Crippen LogP contribution in [0.25, 0.3) is 0 Å². The molecule has 6 nitrogen and oxygen atoms in total. The summed E-state index contributed by atoms with van der Waals surface area (Å²) >= 11 is 0. The van der Waals surface area contributed by atoms with Crippen molar-refractivity contribution in [3.8, 4) is 17.2 Å². The van der Waals surface area contributed by atoms with Crippen LogP contribution in [0.15, 0.2) is 47.7 Å². The number of nitrogens with zero attached hydrogens (tertiary/aromatic N) is 1. The topological polar surface area (TPSA) is 76.1 Å². The van der Waals surface area contributed by atoms with Crippen molar-refractivity contribution in [2.24, 2.45) is 0 Å². The molecule has 1 aliphatic heterocycles. The Balaban J connectivity index is 1.87. The van der Waals surface area contributed by atoms with Crippen molar-refractivity contribution in [2.75, 3.05) is 19.1 Å². The van der Waals surface area contributed by atoms with Gasteiger partial charge in [-0.2, -0.15) is 13.2 Å². The van der Waals surface area contributed by atoms with E-state index >= 15 is 0 Å². The van der Waals surface area contributed by atoms with Crippen molar-refractivity contribution in [1.82, 2.24) is 0 Å². The van der Waals surface area contributed by atoms with Gasteiger partial charge in [-0.3, -0.25) is 14.5 Å². The van der Waals surface area contributed by atoms with Gasteiger partial charge in [-0.25, -0.2) is 0 Å². The first-order chi connectivity index (χ1) is 15.7. The first-order valence-electron chi connectivity index (χ1n) is 10.4. The number of amides is 1. The van der Waals surface area contributed by atoms with E-state index in [9.17, 15) is 27.9 Å². The molecule has 1 amide bonds. The Labute approximate surface area is 188 Å². The summed E-state index contributed by atoms with van der Waals surface area (Å²) in [5, 5.41) is 10.2. The summed E-state index contributed by atoms with van der Waals surface area (Å²) in [6.07, 6.45) is -3.53. The zero-order valence-corrected chi connectivity index (χ0v) is 18.0. The van der Waals surface area contributed by atoms with E-state index in [-0.39, 0.29) is 41.6 Å². The summed E-state index contributed by atoms with van der Waals surface area (Å²) in [4.78, 5) is 27.5. The van der Waals surface area contributed by atoms with Gasteiger partial charge in [0.05, 0.1) is 19.8 Å². The van der Waals surface area contributed by atoms with Crippen LogP contribution in [0.5, 0.6) is 17.2 Å². The Morgan fingerprint density at radius 1 is 1.03 bits per heavy atom. The minimum absolute atomic E-state index is 0.0799. The van der Waals surface area contributed by atoms with Gasteiger partial charge in [0, 0.05) is 35.7 Å². The summed E-state index contributed by atoms with van der Waals surface area (Å²) in [5.74, 6) is -1.16. The van der Waals surface area contributed by atoms with Gasteiger partial charge >= 0.3 is 6.18 Å². The van der Waals surface area contributed by atoms with Gasteiger partial charge in [0.1, 0.15) is 0 Å². The number of hydrogen-bond donors (Lipinski definition) is 1. The van der Waals surface area contributed by atoms with Crippen LogP contribution in [0, 0.1) is 0 Å². The molecule has 0 spiro atoms. The summed E-state index contributed by atoms with van der Waals surface area (Å²) in [6.45, 7) is 0. The van der Waals surface area contributed by atoms with Gasteiger partial charge in [0.2, 0.25) is 11.7 Å². The number of carbonyl (C=O) groups is 2. The van der Waals surface area contributed by atoms with E-state index in [1.54, 1.807) is 12.1 Å². The highest BCUT2D eigenvalue weighted by atomic mass is 19.4. The Morgan fingerprint density at radius 2 is 1.70 bits per heavy atom. The highest BCUT2D eigenvalue weighted by Crippen LogP contribution is 2.47. The molecule has 1 aliphatic carbocycles. The number of rotatable bonds is 4. The van der Waals surface area contributed by atoms with Gasteiger partial charge < -0.3 is 14.6 Å². The van der Waals surface area contributed by atoms with E-state index in [0.717, 1.165) is 12.1 Å². The molecule has 1 atom stereocenters. The van der Waals surface area contributed by atoms with E-state index in [0.29, 0.717) is 29.7 Å². The van der Waals surface area contributed by atoms with Crippen molar-refractivity contribution in [1.29, 1.82) is 0 Å². The van der Waals surface area contributed by atoms with Gasteiger partial charge in [-0.1, -0.05) is 6.07 Å². The average Bonchev–Trinajstić information content (AvgIpc) is 2.78. The Kier molecular flexibility index (Phi) is 5.82. The maximum Gasteiger partial charge on any atom is 0.416 e. The molecule has 0 bridgehead atoms. The van der Waals surface area contributed by atoms with Crippen LogP contribution in [0.2, 0.25) is 0 Å². The van der Waals surface area contributed by atoms with Crippen molar-refractivity contribution in [3.05, 3.63) is 58.8 Å². The average molecular weight is 461 g/mol. The predicted octanol–water partition coefficient (Wildman–Crippen LogP) is 4.96. The number of phenols is 1. The van der Waals surface area contributed by atoms with Crippen molar-refractivity contribution >= 4 is 17.4 Å². The van der Waals surface area contributed by atoms with E-state index in [4.69, 9.17) is 9.47 Å². The number of Topliss-reactive ketones (excluding diaryl/α,β-unsaturated/α-hetero) is 1. The maximum atomic E-state index is 13.3. The fourth-order valence-electron chi connectivity index (χ4n) is 4.51. The number of methoxy groups -OCH3 is 2. The van der Waals surface area contributed by atoms with Crippen LogP contribution >= 0.6 is 0 Å². The molecular formula is C24H22F3NO5. The standard InChI is InChI=1S/C24H22F3NO5/c1-32-19-9-13(10-20(33-2)23(19)31)16-12-21(30)28(17-7-4-8-18(29)22(16)17)15-6-3-5-14(11-15)24(25,26)27/h3,5-6,9-11,16,31H,4,7-8,12H2,1-2H3. The smallest absolute Gasteiger partial charge is 0.416 e. The largest absolute Gasteiger partial charge is 0.502 e. The van der Waals surface area contributed by atoms with E-state index in [1.165, 1.54) is 31.3 Å². The summed E-state index contributed by atoms with van der Waals surface area (Å²) in [5.41, 5.74) is 0.566. The number of hydrogen-bond acceptors (Lipinski definition) is 5. The summed E-state index contributed by atoms with van der Waals surface area (Å²) in [6, 6.07) is 7.64. The zero-order chi connectivity index (χ0) is 23.9. The quantitative estimate of drug-likeness (QED) is 0.697. The summed E-state index contributed by atoms with van der Waals surface area (Å²) in [7, 11) is 2.74. The normalized spacial score (nSPS) is 18.9. The fourth-order valence-corrected chi connectivity index (χ4v) is 4.51. The lowest BCUT2D eigenvalue weighted by atomic mass is 9.77. The van der Waals surface area contributed by atoms with Crippen molar-refractivity contribution in [2.45, 2.75) is 37.8 Å². The van der Waals surface area contributed by atoms with Crippen molar-refractivity contribution < 1.29 is 37.3 Å². The van der Waals surface area contributed by atoms with Crippen LogP contribution in [0.4, 0.5) is 18.9 Å². The monoisotopic (exact) mass is 461 g/mol. The van der Waals surface area contributed by atoms with E-state index < -0.39 is 23.6 Å². The highest BCUT2D eigenvalue weighted by Gasteiger charge is 2.41. The van der Waals surface area contributed by atoms with Crippen LogP contribution in [-0.2, 0) is 15.8 Å². The van der Waals surface area contributed by atoms with Crippen LogP contribution in [0.3, 0.4) is 0 Å². The number of halogens is 3. The first-order valence-corrected chi connectivity index (χ1v) is 10.4. The van der Waals surface area contributed by atoms with Crippen molar-refractivity contribution in [3.63, 3.8) is 0 Å². The van der Waals surface area contributed by atoms with Gasteiger partial charge in [-0.05, 0) is 48.7 Å². The fraction of sp³-hybridized carbons (Fsp3) is 0.333. The predicted molar refractivity (Wildman–Crippen MR) is 113 cm³/mol. The minimum Gasteiger partial charge on any atom is -0.502 e. The lowest BCUT2D eigenvalue weighted by Gasteiger charge is -2.38. The number of carbonyl (C=O) groups excluding carboxylic acids is 2. The molecule has 2 aromatic carbocycles. The lowest BCUT2D eigenvalue weighted by molar-refractivity contribution is -0.137. The van der Waals surface area contributed by atoms with E-state index in [1.807, 2.05) is 0 Å². The zero-order valence-electron chi connectivity index (χ0n) is 18.0. The maximum absolute atomic E-state index is 13.3. The number of allylic oxidation sites excluding steroid dienone is 2. The second-order valence-corrected chi connectivity index (χ2v) is 7.95. The number of alkyl halides is 3. The van der Waals surface area contributed by atoms with E-state index in [2.05, 4.69) is 0 Å². The number of ketones is 1. The number of benzene rings is 2. The molecule has 0 saturated heterocycles. The molecular weight excluding hydrogens is 439 g/mol. The molecule has 1 heterocycles. The molecule has 0 radical (unpaired) electrons.